The van der Waals surface area contributed by atoms with Crippen molar-refractivity contribution in [3.05, 3.63) is 17.5 Å². The molecular weight excluding hydrogens is 254 g/mol. The first-order chi connectivity index (χ1) is 9.32. The number of aryl methyl sites for hydroxylation is 1. The van der Waals surface area contributed by atoms with Gasteiger partial charge in [0.2, 0.25) is 5.91 Å². The molecular formula is C15H27N3O2. The van der Waals surface area contributed by atoms with E-state index in [1.54, 1.807) is 0 Å². The first-order valence-electron chi connectivity index (χ1n) is 7.22. The molecule has 5 nitrogen and oxygen atoms in total. The first kappa shape index (κ1) is 16.7. The van der Waals surface area contributed by atoms with Crippen LogP contribution in [0.2, 0.25) is 0 Å². The zero-order valence-corrected chi connectivity index (χ0v) is 13.0. The van der Waals surface area contributed by atoms with Crippen LogP contribution in [0.1, 0.15) is 51.5 Å². The van der Waals surface area contributed by atoms with Crippen molar-refractivity contribution in [1.29, 1.82) is 0 Å². The Labute approximate surface area is 121 Å². The van der Waals surface area contributed by atoms with Crippen LogP contribution in [0.4, 0.5) is 0 Å². The van der Waals surface area contributed by atoms with Gasteiger partial charge in [0.05, 0.1) is 12.2 Å². The number of nitrogens with two attached hydrogens (primary N) is 1. The van der Waals surface area contributed by atoms with Crippen LogP contribution in [0.3, 0.4) is 0 Å². The van der Waals surface area contributed by atoms with Crippen molar-refractivity contribution >= 4 is 5.91 Å². The van der Waals surface area contributed by atoms with Gasteiger partial charge < -0.3 is 15.6 Å². The van der Waals surface area contributed by atoms with Gasteiger partial charge in [0.1, 0.15) is 0 Å². The Kier molecular flexibility index (Phi) is 6.20. The fourth-order valence-corrected chi connectivity index (χ4v) is 2.29. The molecule has 5 heteroatoms. The summed E-state index contributed by atoms with van der Waals surface area (Å²) in [6.45, 7) is 9.51. The fourth-order valence-electron chi connectivity index (χ4n) is 2.29. The molecule has 0 spiro atoms. The van der Waals surface area contributed by atoms with Gasteiger partial charge >= 0.3 is 0 Å². The van der Waals surface area contributed by atoms with E-state index in [0.29, 0.717) is 31.2 Å². The molecule has 114 valence electrons. The Morgan fingerprint density at radius 2 is 2.15 bits per heavy atom. The van der Waals surface area contributed by atoms with Crippen molar-refractivity contribution in [3.8, 4) is 0 Å². The molecule has 0 saturated heterocycles. The topological polar surface area (TPSA) is 81.2 Å². The molecule has 1 unspecified atom stereocenters. The summed E-state index contributed by atoms with van der Waals surface area (Å²) in [6, 6.07) is 1.83. The fraction of sp³-hybridized carbons (Fsp3) is 0.733. The molecule has 0 aromatic carbocycles. The molecule has 20 heavy (non-hydrogen) atoms. The molecule has 3 N–H and O–H groups in total. The van der Waals surface area contributed by atoms with Gasteiger partial charge in [-0.05, 0) is 37.6 Å². The van der Waals surface area contributed by atoms with Crippen molar-refractivity contribution in [2.45, 2.75) is 53.5 Å². The minimum atomic E-state index is 0.0466. The first-order valence-corrected chi connectivity index (χ1v) is 7.22. The molecule has 0 fully saturated rings. The Bertz CT molecular complexity index is 421. The zero-order chi connectivity index (χ0) is 15.2. The lowest BCUT2D eigenvalue weighted by atomic mass is 9.76. The molecule has 1 aromatic rings. The average Bonchev–Trinajstić information content (AvgIpc) is 2.76. The van der Waals surface area contributed by atoms with Crippen LogP contribution >= 0.6 is 0 Å². The lowest BCUT2D eigenvalue weighted by Crippen LogP contribution is -2.27. The lowest BCUT2D eigenvalue weighted by molar-refractivity contribution is -0.121. The van der Waals surface area contributed by atoms with Gasteiger partial charge in [0, 0.05) is 12.5 Å². The summed E-state index contributed by atoms with van der Waals surface area (Å²) >= 11 is 0. The second-order valence-electron chi connectivity index (χ2n) is 6.39. The lowest BCUT2D eigenvalue weighted by Gasteiger charge is -2.30. The molecule has 1 rings (SSSR count). The number of carbonyl (C=O) groups is 1. The van der Waals surface area contributed by atoms with Crippen molar-refractivity contribution in [2.75, 3.05) is 6.54 Å². The number of carbonyl (C=O) groups excluding carboxylic acids is 1. The second-order valence-corrected chi connectivity index (χ2v) is 6.39. The molecule has 0 aliphatic rings. The molecule has 0 aliphatic carbocycles. The van der Waals surface area contributed by atoms with Gasteiger partial charge in [0.15, 0.2) is 5.76 Å². The number of amides is 1. The monoisotopic (exact) mass is 281 g/mol. The number of hydrogen-bond acceptors (Lipinski definition) is 4. The summed E-state index contributed by atoms with van der Waals surface area (Å²) in [5.41, 5.74) is 6.66. The van der Waals surface area contributed by atoms with Gasteiger partial charge in [-0.2, -0.15) is 0 Å². The third-order valence-electron chi connectivity index (χ3n) is 3.60. The minimum Gasteiger partial charge on any atom is -0.359 e. The van der Waals surface area contributed by atoms with Crippen LogP contribution in [-0.2, 0) is 11.3 Å². The van der Waals surface area contributed by atoms with Crippen molar-refractivity contribution in [3.63, 3.8) is 0 Å². The summed E-state index contributed by atoms with van der Waals surface area (Å²) in [7, 11) is 0. The number of hydrogen-bond donors (Lipinski definition) is 2. The second kappa shape index (κ2) is 7.43. The van der Waals surface area contributed by atoms with E-state index < -0.39 is 0 Å². The van der Waals surface area contributed by atoms with Crippen LogP contribution in [0.15, 0.2) is 10.6 Å². The molecule has 0 radical (unpaired) electrons. The predicted molar refractivity (Wildman–Crippen MR) is 78.9 cm³/mol. The summed E-state index contributed by atoms with van der Waals surface area (Å²) < 4.78 is 5.05. The molecule has 1 heterocycles. The van der Waals surface area contributed by atoms with E-state index in [1.807, 2.05) is 13.0 Å². The maximum absolute atomic E-state index is 11.9. The highest BCUT2D eigenvalue weighted by Gasteiger charge is 2.24. The van der Waals surface area contributed by atoms with Gasteiger partial charge in [-0.3, -0.25) is 4.79 Å². The summed E-state index contributed by atoms with van der Waals surface area (Å²) in [6.07, 6.45) is 2.34. The van der Waals surface area contributed by atoms with Gasteiger partial charge in [-0.1, -0.05) is 25.9 Å². The van der Waals surface area contributed by atoms with Crippen molar-refractivity contribution in [2.24, 2.45) is 17.1 Å². The quantitative estimate of drug-likeness (QED) is 0.804. The zero-order valence-electron chi connectivity index (χ0n) is 13.0. The highest BCUT2D eigenvalue weighted by atomic mass is 16.5. The molecule has 1 amide bonds. The highest BCUT2D eigenvalue weighted by molar-refractivity contribution is 5.75. The Morgan fingerprint density at radius 3 is 2.65 bits per heavy atom. The van der Waals surface area contributed by atoms with Crippen molar-refractivity contribution < 1.29 is 9.32 Å². The molecule has 0 bridgehead atoms. The van der Waals surface area contributed by atoms with E-state index >= 15 is 0 Å². The Balaban J connectivity index is 2.34. The van der Waals surface area contributed by atoms with E-state index in [-0.39, 0.29) is 11.3 Å². The number of rotatable bonds is 7. The minimum absolute atomic E-state index is 0.0466. The van der Waals surface area contributed by atoms with E-state index in [1.165, 1.54) is 0 Å². The van der Waals surface area contributed by atoms with Crippen LogP contribution in [-0.4, -0.2) is 17.6 Å². The maximum atomic E-state index is 11.9. The Morgan fingerprint density at radius 1 is 1.45 bits per heavy atom. The molecule has 0 aliphatic heterocycles. The highest BCUT2D eigenvalue weighted by Crippen LogP contribution is 2.31. The normalized spacial score (nSPS) is 13.2. The largest absolute Gasteiger partial charge is 0.359 e. The predicted octanol–water partition coefficient (Wildman–Crippen LogP) is 2.39. The molecule has 0 saturated carbocycles. The van der Waals surface area contributed by atoms with Gasteiger partial charge in [-0.25, -0.2) is 0 Å². The van der Waals surface area contributed by atoms with Crippen LogP contribution in [0, 0.1) is 18.3 Å². The van der Waals surface area contributed by atoms with E-state index in [9.17, 15) is 4.79 Å². The molecule has 1 atom stereocenters. The van der Waals surface area contributed by atoms with E-state index in [2.05, 4.69) is 31.2 Å². The third-order valence-corrected chi connectivity index (χ3v) is 3.60. The number of nitrogens with zero attached hydrogens (tertiary/aromatic N) is 1. The molecule has 1 aromatic heterocycles. The van der Waals surface area contributed by atoms with E-state index in [0.717, 1.165) is 18.5 Å². The standard InChI is InChI=1S/C15H27N3O2/c1-11-9-13(20-18-11)10-17-14(19)6-5-12(7-8-16)15(2,3)4/h9,12H,5-8,10,16H2,1-4H3,(H,17,19). The SMILES string of the molecule is Cc1cc(CNC(=O)CCC(CCN)C(C)(C)C)on1. The van der Waals surface area contributed by atoms with Gasteiger partial charge in [-0.15, -0.1) is 0 Å². The number of aromatic nitrogens is 1. The van der Waals surface area contributed by atoms with Gasteiger partial charge in [0.25, 0.3) is 0 Å². The average molecular weight is 281 g/mol. The number of nitrogens with one attached hydrogen (secondary N) is 1. The van der Waals surface area contributed by atoms with Crippen molar-refractivity contribution in [1.82, 2.24) is 10.5 Å². The third kappa shape index (κ3) is 5.74. The van der Waals surface area contributed by atoms with E-state index in [4.69, 9.17) is 10.3 Å². The Hall–Kier alpha value is -1.36. The van der Waals surface area contributed by atoms with Crippen LogP contribution in [0.25, 0.3) is 0 Å². The smallest absolute Gasteiger partial charge is 0.220 e. The summed E-state index contributed by atoms with van der Waals surface area (Å²) in [4.78, 5) is 11.9. The van der Waals surface area contributed by atoms with Crippen LogP contribution in [0.5, 0.6) is 0 Å². The summed E-state index contributed by atoms with van der Waals surface area (Å²) in [5, 5.41) is 6.64. The maximum Gasteiger partial charge on any atom is 0.220 e. The van der Waals surface area contributed by atoms with Crippen LogP contribution < -0.4 is 11.1 Å². The summed E-state index contributed by atoms with van der Waals surface area (Å²) in [5.74, 6) is 1.20.